The predicted octanol–water partition coefficient (Wildman–Crippen LogP) is 4.56. The Hall–Kier alpha value is -2.65. The number of halogens is 1. The van der Waals surface area contributed by atoms with Crippen LogP contribution in [0, 0.1) is 37.0 Å². The molecule has 0 unspecified atom stereocenters. The molecule has 5 rings (SSSR count). The SMILES string of the molecule is Cc1nc(NC(C2CC2)C2CC2)c2nc(C)n(-c3ccc(C#N)cc3Cl)c2n1. The highest BCUT2D eigenvalue weighted by molar-refractivity contribution is 6.32. The summed E-state index contributed by atoms with van der Waals surface area (Å²) in [5.41, 5.74) is 2.81. The average molecular weight is 393 g/mol. The highest BCUT2D eigenvalue weighted by Gasteiger charge is 2.42. The van der Waals surface area contributed by atoms with Crippen LogP contribution in [0.3, 0.4) is 0 Å². The molecule has 0 radical (unpaired) electrons. The van der Waals surface area contributed by atoms with Crippen molar-refractivity contribution in [2.45, 2.75) is 45.6 Å². The van der Waals surface area contributed by atoms with E-state index in [1.54, 1.807) is 12.1 Å². The van der Waals surface area contributed by atoms with Gasteiger partial charge in [-0.05, 0) is 69.6 Å². The first-order chi connectivity index (χ1) is 13.5. The van der Waals surface area contributed by atoms with Crippen LogP contribution >= 0.6 is 11.6 Å². The molecule has 6 nitrogen and oxygen atoms in total. The third-order valence-electron chi connectivity index (χ3n) is 5.67. The van der Waals surface area contributed by atoms with Crippen LogP contribution in [0.2, 0.25) is 5.02 Å². The van der Waals surface area contributed by atoms with Crippen LogP contribution in [0.5, 0.6) is 0 Å². The minimum absolute atomic E-state index is 0.487. The molecule has 1 N–H and O–H groups in total. The van der Waals surface area contributed by atoms with Gasteiger partial charge in [-0.1, -0.05) is 11.6 Å². The number of anilines is 1. The van der Waals surface area contributed by atoms with Gasteiger partial charge < -0.3 is 5.32 Å². The summed E-state index contributed by atoms with van der Waals surface area (Å²) in [5.74, 6) is 3.83. The molecule has 1 aromatic carbocycles. The molecular weight excluding hydrogens is 372 g/mol. The molecule has 2 aromatic heterocycles. The largest absolute Gasteiger partial charge is 0.365 e. The third kappa shape index (κ3) is 3.00. The van der Waals surface area contributed by atoms with E-state index in [0.717, 1.165) is 40.3 Å². The Morgan fingerprint density at radius 3 is 2.46 bits per heavy atom. The van der Waals surface area contributed by atoms with Crippen molar-refractivity contribution < 1.29 is 0 Å². The number of nitriles is 1. The lowest BCUT2D eigenvalue weighted by Crippen LogP contribution is -2.25. The molecule has 2 aliphatic rings. The lowest BCUT2D eigenvalue weighted by atomic mass is 10.1. The van der Waals surface area contributed by atoms with Gasteiger partial charge in [-0.15, -0.1) is 0 Å². The van der Waals surface area contributed by atoms with Crippen molar-refractivity contribution in [1.82, 2.24) is 19.5 Å². The zero-order valence-electron chi connectivity index (χ0n) is 15.9. The average Bonchev–Trinajstić information content (AvgIpc) is 3.58. The molecule has 0 bridgehead atoms. The van der Waals surface area contributed by atoms with E-state index in [4.69, 9.17) is 21.8 Å². The van der Waals surface area contributed by atoms with Crippen LogP contribution in [-0.2, 0) is 0 Å². The zero-order valence-corrected chi connectivity index (χ0v) is 16.7. The number of benzene rings is 1. The van der Waals surface area contributed by atoms with Gasteiger partial charge in [-0.25, -0.2) is 15.0 Å². The number of nitrogens with zero attached hydrogens (tertiary/aromatic N) is 5. The summed E-state index contributed by atoms with van der Waals surface area (Å²) in [6.07, 6.45) is 5.21. The number of aryl methyl sites for hydroxylation is 2. The van der Waals surface area contributed by atoms with E-state index in [-0.39, 0.29) is 0 Å². The monoisotopic (exact) mass is 392 g/mol. The Morgan fingerprint density at radius 1 is 1.14 bits per heavy atom. The third-order valence-corrected chi connectivity index (χ3v) is 5.97. The van der Waals surface area contributed by atoms with Crippen molar-refractivity contribution in [1.29, 1.82) is 5.26 Å². The Morgan fingerprint density at radius 2 is 1.86 bits per heavy atom. The van der Waals surface area contributed by atoms with Crippen LogP contribution in [0.1, 0.15) is 42.9 Å². The van der Waals surface area contributed by atoms with Gasteiger partial charge in [-0.2, -0.15) is 5.26 Å². The van der Waals surface area contributed by atoms with Gasteiger partial charge >= 0.3 is 0 Å². The van der Waals surface area contributed by atoms with Crippen molar-refractivity contribution >= 4 is 28.6 Å². The number of rotatable bonds is 5. The number of hydrogen-bond acceptors (Lipinski definition) is 5. The van der Waals surface area contributed by atoms with E-state index in [1.165, 1.54) is 25.7 Å². The molecule has 0 aliphatic heterocycles. The summed E-state index contributed by atoms with van der Waals surface area (Å²) in [4.78, 5) is 14.1. The standard InChI is InChI=1S/C21H21ClN6/c1-11-24-20(27-18(14-4-5-14)15-6-7-15)19-21(25-11)28(12(2)26-19)17-8-3-13(10-23)9-16(17)22/h3,8-9,14-15,18H,4-7H2,1-2H3,(H,24,25,27). The maximum absolute atomic E-state index is 9.11. The molecule has 0 spiro atoms. The highest BCUT2D eigenvalue weighted by atomic mass is 35.5. The second kappa shape index (κ2) is 6.46. The van der Waals surface area contributed by atoms with Gasteiger partial charge in [0.05, 0.1) is 22.3 Å². The number of nitrogens with one attached hydrogen (secondary N) is 1. The van der Waals surface area contributed by atoms with E-state index >= 15 is 0 Å². The van der Waals surface area contributed by atoms with Crippen LogP contribution in [0.15, 0.2) is 18.2 Å². The fourth-order valence-corrected chi connectivity index (χ4v) is 4.28. The molecule has 142 valence electrons. The van der Waals surface area contributed by atoms with Gasteiger partial charge in [0.2, 0.25) is 0 Å². The summed E-state index contributed by atoms with van der Waals surface area (Å²) < 4.78 is 1.95. The minimum atomic E-state index is 0.487. The molecule has 0 atom stereocenters. The summed E-state index contributed by atoms with van der Waals surface area (Å²) in [7, 11) is 0. The minimum Gasteiger partial charge on any atom is -0.365 e. The van der Waals surface area contributed by atoms with Crippen molar-refractivity contribution in [2.75, 3.05) is 5.32 Å². The zero-order chi connectivity index (χ0) is 19.4. The van der Waals surface area contributed by atoms with E-state index in [9.17, 15) is 0 Å². The molecule has 7 heteroatoms. The first-order valence-electron chi connectivity index (χ1n) is 9.75. The van der Waals surface area contributed by atoms with Gasteiger partial charge in [0.15, 0.2) is 17.0 Å². The maximum Gasteiger partial charge on any atom is 0.170 e. The first-order valence-corrected chi connectivity index (χ1v) is 10.1. The normalized spacial score (nSPS) is 16.5. The topological polar surface area (TPSA) is 79.4 Å². The van der Waals surface area contributed by atoms with Gasteiger partial charge in [0, 0.05) is 6.04 Å². The van der Waals surface area contributed by atoms with Crippen molar-refractivity contribution in [3.8, 4) is 11.8 Å². The van der Waals surface area contributed by atoms with Gasteiger partial charge in [0.1, 0.15) is 11.6 Å². The van der Waals surface area contributed by atoms with Crippen LogP contribution in [0.25, 0.3) is 16.9 Å². The predicted molar refractivity (Wildman–Crippen MR) is 109 cm³/mol. The van der Waals surface area contributed by atoms with E-state index in [0.29, 0.717) is 22.5 Å². The smallest absolute Gasteiger partial charge is 0.170 e. The fourth-order valence-electron chi connectivity index (χ4n) is 4.01. The lowest BCUT2D eigenvalue weighted by Gasteiger charge is -2.18. The number of fused-ring (bicyclic) bond motifs is 1. The van der Waals surface area contributed by atoms with Crippen molar-refractivity contribution in [2.24, 2.45) is 11.8 Å². The molecule has 2 saturated carbocycles. The van der Waals surface area contributed by atoms with E-state index in [1.807, 2.05) is 24.5 Å². The molecule has 2 fully saturated rings. The second-order valence-electron chi connectivity index (χ2n) is 7.91. The maximum atomic E-state index is 9.11. The molecular formula is C21H21ClN6. The molecule has 0 saturated heterocycles. The molecule has 2 heterocycles. The van der Waals surface area contributed by atoms with Crippen molar-refractivity contribution in [3.05, 3.63) is 40.4 Å². The number of aromatic nitrogens is 4. The molecule has 0 amide bonds. The molecule has 2 aliphatic carbocycles. The van der Waals surface area contributed by atoms with Crippen LogP contribution in [0.4, 0.5) is 5.82 Å². The Balaban J connectivity index is 1.63. The summed E-state index contributed by atoms with van der Waals surface area (Å²) >= 11 is 6.48. The Kier molecular flexibility index (Phi) is 4.02. The lowest BCUT2D eigenvalue weighted by molar-refractivity contribution is 0.566. The summed E-state index contributed by atoms with van der Waals surface area (Å²) in [6, 6.07) is 7.88. The summed E-state index contributed by atoms with van der Waals surface area (Å²) in [6.45, 7) is 3.84. The van der Waals surface area contributed by atoms with Crippen molar-refractivity contribution in [3.63, 3.8) is 0 Å². The van der Waals surface area contributed by atoms with Gasteiger partial charge in [0.25, 0.3) is 0 Å². The van der Waals surface area contributed by atoms with E-state index < -0.39 is 0 Å². The Labute approximate surface area is 168 Å². The molecule has 28 heavy (non-hydrogen) atoms. The summed E-state index contributed by atoms with van der Waals surface area (Å²) in [5, 5.41) is 13.3. The Bertz CT molecular complexity index is 1110. The number of imidazole rings is 1. The fraction of sp³-hybridized carbons (Fsp3) is 0.429. The van der Waals surface area contributed by atoms with Crippen LogP contribution in [-0.4, -0.2) is 25.6 Å². The molecule has 3 aromatic rings. The second-order valence-corrected chi connectivity index (χ2v) is 8.32. The van der Waals surface area contributed by atoms with Gasteiger partial charge in [-0.3, -0.25) is 4.57 Å². The quantitative estimate of drug-likeness (QED) is 0.688. The van der Waals surface area contributed by atoms with Crippen LogP contribution < -0.4 is 5.32 Å². The number of hydrogen-bond donors (Lipinski definition) is 1. The highest BCUT2D eigenvalue weighted by Crippen LogP contribution is 2.46. The van der Waals surface area contributed by atoms with E-state index in [2.05, 4.69) is 21.4 Å². The first kappa shape index (κ1) is 17.4.